The maximum absolute atomic E-state index is 12.2. The van der Waals surface area contributed by atoms with E-state index in [9.17, 15) is 4.79 Å². The minimum atomic E-state index is 0.177. The molecule has 17 heavy (non-hydrogen) atoms. The van der Waals surface area contributed by atoms with Crippen molar-refractivity contribution in [1.29, 1.82) is 0 Å². The Morgan fingerprint density at radius 2 is 2.06 bits per heavy atom. The van der Waals surface area contributed by atoms with Gasteiger partial charge in [0.05, 0.1) is 5.92 Å². The predicted molar refractivity (Wildman–Crippen MR) is 71.9 cm³/mol. The molecule has 0 bridgehead atoms. The molecule has 0 spiro atoms. The second-order valence-corrected chi connectivity index (χ2v) is 5.38. The highest BCUT2D eigenvalue weighted by Gasteiger charge is 2.30. The molecule has 1 rings (SSSR count). The van der Waals surface area contributed by atoms with Crippen LogP contribution in [0.25, 0.3) is 0 Å². The Morgan fingerprint density at radius 1 is 1.29 bits per heavy atom. The maximum atomic E-state index is 12.2. The molecule has 0 saturated carbocycles. The number of amides is 1. The van der Waals surface area contributed by atoms with Crippen LogP contribution in [0, 0.1) is 11.8 Å². The van der Waals surface area contributed by atoms with E-state index in [1.54, 1.807) is 0 Å². The summed E-state index contributed by atoms with van der Waals surface area (Å²) in [4.78, 5) is 12.2. The van der Waals surface area contributed by atoms with E-state index in [0.29, 0.717) is 12.0 Å². The first-order valence-electron chi connectivity index (χ1n) is 7.20. The van der Waals surface area contributed by atoms with Gasteiger partial charge in [0.2, 0.25) is 5.91 Å². The molecule has 100 valence electrons. The van der Waals surface area contributed by atoms with E-state index in [1.807, 2.05) is 0 Å². The molecule has 3 atom stereocenters. The Morgan fingerprint density at radius 3 is 2.59 bits per heavy atom. The lowest BCUT2D eigenvalue weighted by atomic mass is 9.96. The van der Waals surface area contributed by atoms with Crippen LogP contribution in [0.15, 0.2) is 0 Å². The first kappa shape index (κ1) is 14.5. The van der Waals surface area contributed by atoms with Gasteiger partial charge >= 0.3 is 0 Å². The van der Waals surface area contributed by atoms with E-state index < -0.39 is 0 Å². The van der Waals surface area contributed by atoms with E-state index in [4.69, 9.17) is 0 Å². The lowest BCUT2D eigenvalue weighted by Gasteiger charge is -2.21. The van der Waals surface area contributed by atoms with Crippen molar-refractivity contribution in [3.05, 3.63) is 0 Å². The molecular formula is C14H28N2O. The molecule has 0 aromatic heterocycles. The average molecular weight is 240 g/mol. The van der Waals surface area contributed by atoms with E-state index in [-0.39, 0.29) is 11.8 Å². The van der Waals surface area contributed by atoms with Crippen molar-refractivity contribution in [1.82, 2.24) is 10.6 Å². The summed E-state index contributed by atoms with van der Waals surface area (Å²) >= 11 is 0. The van der Waals surface area contributed by atoms with E-state index in [0.717, 1.165) is 32.4 Å². The zero-order valence-electron chi connectivity index (χ0n) is 11.6. The molecule has 1 fully saturated rings. The van der Waals surface area contributed by atoms with Crippen LogP contribution in [-0.4, -0.2) is 25.0 Å². The number of hydrogen-bond donors (Lipinski definition) is 2. The van der Waals surface area contributed by atoms with Crippen molar-refractivity contribution in [2.45, 2.75) is 58.9 Å². The SMILES string of the molecule is CCCCC(CCC)NC(=O)[C@@H]1CNC[C@H]1C. The number of carbonyl (C=O) groups is 1. The molecule has 0 aromatic rings. The maximum Gasteiger partial charge on any atom is 0.224 e. The Kier molecular flexibility index (Phi) is 6.56. The van der Waals surface area contributed by atoms with Gasteiger partial charge in [0.1, 0.15) is 0 Å². The topological polar surface area (TPSA) is 41.1 Å². The zero-order valence-corrected chi connectivity index (χ0v) is 11.6. The summed E-state index contributed by atoms with van der Waals surface area (Å²) in [6.07, 6.45) is 5.80. The molecule has 1 amide bonds. The minimum Gasteiger partial charge on any atom is -0.353 e. The Labute approximate surface area is 106 Å². The van der Waals surface area contributed by atoms with Crippen molar-refractivity contribution >= 4 is 5.91 Å². The third kappa shape index (κ3) is 4.66. The molecule has 1 heterocycles. The van der Waals surface area contributed by atoms with Gasteiger partial charge in [-0.1, -0.05) is 40.0 Å². The fraction of sp³-hybridized carbons (Fsp3) is 0.929. The summed E-state index contributed by atoms with van der Waals surface area (Å²) in [5.41, 5.74) is 0. The van der Waals surface area contributed by atoms with Gasteiger partial charge in [-0.25, -0.2) is 0 Å². The van der Waals surface area contributed by atoms with Crippen LogP contribution >= 0.6 is 0 Å². The Balaban J connectivity index is 2.39. The average Bonchev–Trinajstić information content (AvgIpc) is 2.72. The van der Waals surface area contributed by atoms with Crippen molar-refractivity contribution in [2.24, 2.45) is 11.8 Å². The fourth-order valence-corrected chi connectivity index (χ4v) is 2.56. The largest absolute Gasteiger partial charge is 0.353 e. The molecule has 2 N–H and O–H groups in total. The van der Waals surface area contributed by atoms with Crippen molar-refractivity contribution in [3.63, 3.8) is 0 Å². The lowest BCUT2D eigenvalue weighted by Crippen LogP contribution is -2.41. The van der Waals surface area contributed by atoms with Gasteiger partial charge in [0.15, 0.2) is 0 Å². The second kappa shape index (κ2) is 7.70. The summed E-state index contributed by atoms with van der Waals surface area (Å²) in [6, 6.07) is 0.389. The molecule has 1 saturated heterocycles. The minimum absolute atomic E-state index is 0.177. The van der Waals surface area contributed by atoms with Gasteiger partial charge < -0.3 is 10.6 Å². The predicted octanol–water partition coefficient (Wildman–Crippen LogP) is 2.32. The van der Waals surface area contributed by atoms with E-state index in [2.05, 4.69) is 31.4 Å². The number of carbonyl (C=O) groups excluding carboxylic acids is 1. The number of unbranched alkanes of at least 4 members (excludes halogenated alkanes) is 1. The summed E-state index contributed by atoms with van der Waals surface area (Å²) in [6.45, 7) is 8.37. The van der Waals surface area contributed by atoms with Crippen molar-refractivity contribution in [3.8, 4) is 0 Å². The zero-order chi connectivity index (χ0) is 12.7. The van der Waals surface area contributed by atoms with Crippen LogP contribution in [-0.2, 0) is 4.79 Å². The standard InChI is InChI=1S/C14H28N2O/c1-4-6-8-12(7-5-2)16-14(17)13-10-15-9-11(13)3/h11-13,15H,4-10H2,1-3H3,(H,16,17)/t11-,12?,13-/m1/s1. The van der Waals surface area contributed by atoms with Crippen LogP contribution in [0.5, 0.6) is 0 Å². The Bertz CT molecular complexity index is 230. The van der Waals surface area contributed by atoms with E-state index >= 15 is 0 Å². The lowest BCUT2D eigenvalue weighted by molar-refractivity contribution is -0.126. The first-order chi connectivity index (χ1) is 8.19. The van der Waals surface area contributed by atoms with Crippen LogP contribution < -0.4 is 10.6 Å². The summed E-state index contributed by atoms with van der Waals surface area (Å²) < 4.78 is 0. The molecule has 3 heteroatoms. The highest BCUT2D eigenvalue weighted by Crippen LogP contribution is 2.17. The molecule has 1 aliphatic rings. The molecule has 1 aliphatic heterocycles. The normalized spacial score (nSPS) is 25.8. The number of rotatable bonds is 7. The smallest absolute Gasteiger partial charge is 0.224 e. The van der Waals surface area contributed by atoms with Gasteiger partial charge in [-0.3, -0.25) is 4.79 Å². The van der Waals surface area contributed by atoms with Gasteiger partial charge in [0.25, 0.3) is 0 Å². The summed E-state index contributed by atoms with van der Waals surface area (Å²) in [5, 5.41) is 6.54. The summed E-state index contributed by atoms with van der Waals surface area (Å²) in [7, 11) is 0. The van der Waals surface area contributed by atoms with Gasteiger partial charge in [-0.05, 0) is 25.3 Å². The first-order valence-corrected chi connectivity index (χ1v) is 7.20. The van der Waals surface area contributed by atoms with Crippen LogP contribution in [0.3, 0.4) is 0 Å². The van der Waals surface area contributed by atoms with Gasteiger partial charge in [-0.2, -0.15) is 0 Å². The van der Waals surface area contributed by atoms with Crippen LogP contribution in [0.4, 0.5) is 0 Å². The van der Waals surface area contributed by atoms with Crippen molar-refractivity contribution in [2.75, 3.05) is 13.1 Å². The monoisotopic (exact) mass is 240 g/mol. The highest BCUT2D eigenvalue weighted by atomic mass is 16.2. The molecular weight excluding hydrogens is 212 g/mol. The fourth-order valence-electron chi connectivity index (χ4n) is 2.56. The third-order valence-corrected chi connectivity index (χ3v) is 3.74. The van der Waals surface area contributed by atoms with Crippen molar-refractivity contribution < 1.29 is 4.79 Å². The molecule has 3 nitrogen and oxygen atoms in total. The second-order valence-electron chi connectivity index (χ2n) is 5.38. The highest BCUT2D eigenvalue weighted by molar-refractivity contribution is 5.79. The molecule has 0 aromatic carbocycles. The number of hydrogen-bond acceptors (Lipinski definition) is 2. The molecule has 0 radical (unpaired) electrons. The quantitative estimate of drug-likeness (QED) is 0.717. The van der Waals surface area contributed by atoms with Crippen LogP contribution in [0.1, 0.15) is 52.9 Å². The third-order valence-electron chi connectivity index (χ3n) is 3.74. The molecule has 0 aliphatic carbocycles. The summed E-state index contributed by atoms with van der Waals surface area (Å²) in [5.74, 6) is 0.913. The number of nitrogens with one attached hydrogen (secondary N) is 2. The van der Waals surface area contributed by atoms with E-state index in [1.165, 1.54) is 12.8 Å². The molecule has 1 unspecified atom stereocenters. The van der Waals surface area contributed by atoms with Gasteiger partial charge in [-0.15, -0.1) is 0 Å². The van der Waals surface area contributed by atoms with Gasteiger partial charge in [0, 0.05) is 12.6 Å². The van der Waals surface area contributed by atoms with Crippen LogP contribution in [0.2, 0.25) is 0 Å². The Hall–Kier alpha value is -0.570.